The molecule has 0 unspecified atom stereocenters. The van der Waals surface area contributed by atoms with Crippen LogP contribution in [0.5, 0.6) is 5.75 Å². The van der Waals surface area contributed by atoms with Crippen molar-refractivity contribution in [1.29, 1.82) is 0 Å². The standard InChI is InChI=1S/C19H30N4O3/c1-23(2)18(24)13-22-19(20-10-11-25-3)21-12-16-6-4-5-7-17(16)26-14-15-8-9-15/h4-7,15H,8-14H2,1-3H3,(H2,20,21,22). The molecule has 0 saturated heterocycles. The van der Waals surface area contributed by atoms with Crippen molar-refractivity contribution in [2.75, 3.05) is 47.5 Å². The van der Waals surface area contributed by atoms with E-state index in [4.69, 9.17) is 9.47 Å². The number of nitrogens with one attached hydrogen (secondary N) is 2. The number of guanidine groups is 1. The molecule has 1 aliphatic carbocycles. The molecule has 0 aromatic heterocycles. The normalized spacial score (nSPS) is 14.0. The lowest BCUT2D eigenvalue weighted by Gasteiger charge is -2.15. The SMILES string of the molecule is COCCNC(=NCc1ccccc1OCC1CC1)NCC(=O)N(C)C. The molecule has 1 aromatic rings. The second-order valence-corrected chi connectivity index (χ2v) is 6.59. The van der Waals surface area contributed by atoms with E-state index in [0.29, 0.717) is 31.6 Å². The summed E-state index contributed by atoms with van der Waals surface area (Å²) < 4.78 is 11.0. The number of carbonyl (C=O) groups is 1. The summed E-state index contributed by atoms with van der Waals surface area (Å²) in [6, 6.07) is 7.95. The third kappa shape index (κ3) is 7.31. The van der Waals surface area contributed by atoms with E-state index in [1.807, 2.05) is 24.3 Å². The summed E-state index contributed by atoms with van der Waals surface area (Å²) in [5, 5.41) is 6.23. The van der Waals surface area contributed by atoms with Crippen LogP contribution in [0.15, 0.2) is 29.3 Å². The van der Waals surface area contributed by atoms with E-state index < -0.39 is 0 Å². The third-order valence-corrected chi connectivity index (χ3v) is 4.06. The average molecular weight is 362 g/mol. The molecule has 2 rings (SSSR count). The van der Waals surface area contributed by atoms with Gasteiger partial charge in [0.25, 0.3) is 0 Å². The van der Waals surface area contributed by atoms with Gasteiger partial charge >= 0.3 is 0 Å². The third-order valence-electron chi connectivity index (χ3n) is 4.06. The highest BCUT2D eigenvalue weighted by atomic mass is 16.5. The van der Waals surface area contributed by atoms with Crippen LogP contribution in [0.4, 0.5) is 0 Å². The first-order valence-corrected chi connectivity index (χ1v) is 9.02. The van der Waals surface area contributed by atoms with Crippen molar-refractivity contribution in [3.8, 4) is 5.75 Å². The summed E-state index contributed by atoms with van der Waals surface area (Å²) in [4.78, 5) is 17.9. The monoisotopic (exact) mass is 362 g/mol. The Morgan fingerprint density at radius 3 is 2.73 bits per heavy atom. The fourth-order valence-electron chi connectivity index (χ4n) is 2.19. The summed E-state index contributed by atoms with van der Waals surface area (Å²) >= 11 is 0. The maximum absolute atomic E-state index is 11.8. The molecule has 0 spiro atoms. The number of ether oxygens (including phenoxy) is 2. The van der Waals surface area contributed by atoms with Crippen LogP contribution in [0.25, 0.3) is 0 Å². The summed E-state index contributed by atoms with van der Waals surface area (Å²) in [6.07, 6.45) is 2.52. The molecule has 1 amide bonds. The van der Waals surface area contributed by atoms with Gasteiger partial charge in [-0.2, -0.15) is 0 Å². The Hall–Kier alpha value is -2.28. The lowest BCUT2D eigenvalue weighted by atomic mass is 10.2. The fourth-order valence-corrected chi connectivity index (χ4v) is 2.19. The van der Waals surface area contributed by atoms with Gasteiger partial charge in [0.05, 0.1) is 26.3 Å². The van der Waals surface area contributed by atoms with Gasteiger partial charge in [-0.15, -0.1) is 0 Å². The fraction of sp³-hybridized carbons (Fsp3) is 0.579. The number of likely N-dealkylation sites (N-methyl/N-ethyl adjacent to an activating group) is 1. The summed E-state index contributed by atoms with van der Waals surface area (Å²) in [6.45, 7) is 2.60. The predicted molar refractivity (Wildman–Crippen MR) is 102 cm³/mol. The molecule has 1 saturated carbocycles. The number of amides is 1. The van der Waals surface area contributed by atoms with Gasteiger partial charge in [0, 0.05) is 33.3 Å². The topological polar surface area (TPSA) is 75.2 Å². The minimum absolute atomic E-state index is 0.0144. The van der Waals surface area contributed by atoms with E-state index in [9.17, 15) is 4.79 Å². The second-order valence-electron chi connectivity index (χ2n) is 6.59. The molecule has 2 N–H and O–H groups in total. The van der Waals surface area contributed by atoms with Crippen molar-refractivity contribution in [3.05, 3.63) is 29.8 Å². The number of nitrogens with zero attached hydrogens (tertiary/aromatic N) is 2. The Balaban J connectivity index is 1.96. The zero-order valence-corrected chi connectivity index (χ0v) is 16.0. The highest BCUT2D eigenvalue weighted by molar-refractivity contribution is 5.86. The molecule has 0 atom stereocenters. The van der Waals surface area contributed by atoms with E-state index in [0.717, 1.165) is 17.9 Å². The molecule has 0 aliphatic heterocycles. The maximum Gasteiger partial charge on any atom is 0.241 e. The largest absolute Gasteiger partial charge is 0.493 e. The van der Waals surface area contributed by atoms with Crippen LogP contribution < -0.4 is 15.4 Å². The Labute approximate surface area is 155 Å². The first kappa shape index (κ1) is 20.0. The molecule has 1 aromatic carbocycles. The van der Waals surface area contributed by atoms with E-state index in [-0.39, 0.29) is 12.5 Å². The zero-order chi connectivity index (χ0) is 18.8. The minimum atomic E-state index is -0.0144. The number of hydrogen-bond acceptors (Lipinski definition) is 4. The van der Waals surface area contributed by atoms with Crippen LogP contribution in [0.3, 0.4) is 0 Å². The van der Waals surface area contributed by atoms with Gasteiger partial charge in [0.15, 0.2) is 5.96 Å². The minimum Gasteiger partial charge on any atom is -0.493 e. The van der Waals surface area contributed by atoms with Crippen LogP contribution >= 0.6 is 0 Å². The van der Waals surface area contributed by atoms with Gasteiger partial charge in [-0.25, -0.2) is 4.99 Å². The van der Waals surface area contributed by atoms with Gasteiger partial charge < -0.3 is 25.0 Å². The number of rotatable bonds is 10. The predicted octanol–water partition coefficient (Wildman–Crippen LogP) is 1.25. The highest BCUT2D eigenvalue weighted by Crippen LogP contribution is 2.30. The van der Waals surface area contributed by atoms with E-state index >= 15 is 0 Å². The molecular formula is C19H30N4O3. The number of methoxy groups -OCH3 is 1. The van der Waals surface area contributed by atoms with Crippen molar-refractivity contribution in [1.82, 2.24) is 15.5 Å². The van der Waals surface area contributed by atoms with Crippen molar-refractivity contribution < 1.29 is 14.3 Å². The van der Waals surface area contributed by atoms with Gasteiger partial charge in [-0.05, 0) is 24.8 Å². The zero-order valence-electron chi connectivity index (χ0n) is 16.0. The first-order valence-electron chi connectivity index (χ1n) is 9.02. The summed E-state index contributed by atoms with van der Waals surface area (Å²) in [7, 11) is 5.11. The second kappa shape index (κ2) is 10.7. The van der Waals surface area contributed by atoms with Crippen LogP contribution in [-0.2, 0) is 16.1 Å². The average Bonchev–Trinajstić information content (AvgIpc) is 3.46. The van der Waals surface area contributed by atoms with Crippen molar-refractivity contribution in [2.45, 2.75) is 19.4 Å². The quantitative estimate of drug-likeness (QED) is 0.372. The van der Waals surface area contributed by atoms with Gasteiger partial charge in [-0.1, -0.05) is 18.2 Å². The Kier molecular flexibility index (Phi) is 8.21. The van der Waals surface area contributed by atoms with Crippen molar-refractivity contribution in [2.24, 2.45) is 10.9 Å². The molecule has 0 radical (unpaired) electrons. The Bertz CT molecular complexity index is 600. The molecule has 144 valence electrons. The van der Waals surface area contributed by atoms with Crippen LogP contribution in [-0.4, -0.2) is 64.3 Å². The van der Waals surface area contributed by atoms with E-state index in [2.05, 4.69) is 15.6 Å². The molecule has 1 aliphatic rings. The van der Waals surface area contributed by atoms with Crippen LogP contribution in [0.1, 0.15) is 18.4 Å². The van der Waals surface area contributed by atoms with E-state index in [1.54, 1.807) is 26.1 Å². The lowest BCUT2D eigenvalue weighted by molar-refractivity contribution is -0.127. The molecule has 7 nitrogen and oxygen atoms in total. The Morgan fingerprint density at radius 1 is 1.27 bits per heavy atom. The molecule has 0 bridgehead atoms. The van der Waals surface area contributed by atoms with Gasteiger partial charge in [0.1, 0.15) is 5.75 Å². The van der Waals surface area contributed by atoms with Crippen LogP contribution in [0, 0.1) is 5.92 Å². The number of benzene rings is 1. The van der Waals surface area contributed by atoms with Gasteiger partial charge in [0.2, 0.25) is 5.91 Å². The maximum atomic E-state index is 11.8. The number of aliphatic imine (C=N–C) groups is 1. The summed E-state index contributed by atoms with van der Waals surface area (Å²) in [5.41, 5.74) is 1.03. The lowest BCUT2D eigenvalue weighted by Crippen LogP contribution is -2.43. The number of hydrogen-bond donors (Lipinski definition) is 2. The molecule has 0 heterocycles. The highest BCUT2D eigenvalue weighted by Gasteiger charge is 2.22. The molecular weight excluding hydrogens is 332 g/mol. The molecule has 26 heavy (non-hydrogen) atoms. The van der Waals surface area contributed by atoms with Crippen molar-refractivity contribution in [3.63, 3.8) is 0 Å². The van der Waals surface area contributed by atoms with Crippen molar-refractivity contribution >= 4 is 11.9 Å². The smallest absolute Gasteiger partial charge is 0.241 e. The first-order chi connectivity index (χ1) is 12.6. The number of para-hydroxylation sites is 1. The molecule has 1 fully saturated rings. The molecule has 7 heteroatoms. The summed E-state index contributed by atoms with van der Waals surface area (Å²) in [5.74, 6) is 2.15. The number of carbonyl (C=O) groups excluding carboxylic acids is 1. The Morgan fingerprint density at radius 2 is 2.04 bits per heavy atom. The van der Waals surface area contributed by atoms with Gasteiger partial charge in [-0.3, -0.25) is 4.79 Å². The van der Waals surface area contributed by atoms with E-state index in [1.165, 1.54) is 12.8 Å². The van der Waals surface area contributed by atoms with Crippen LogP contribution in [0.2, 0.25) is 0 Å².